The van der Waals surface area contributed by atoms with E-state index in [-0.39, 0.29) is 17.1 Å². The van der Waals surface area contributed by atoms with Gasteiger partial charge in [0.1, 0.15) is 5.88 Å². The minimum absolute atomic E-state index is 0.252. The van der Waals surface area contributed by atoms with Crippen LogP contribution in [0.1, 0.15) is 5.56 Å². The molecule has 2 rings (SSSR count). The number of alkyl halides is 4. The van der Waals surface area contributed by atoms with Crippen LogP contribution >= 0.6 is 11.6 Å². The second-order valence-electron chi connectivity index (χ2n) is 4.16. The molecule has 7 heteroatoms. The molecule has 21 heavy (non-hydrogen) atoms. The van der Waals surface area contributed by atoms with Crippen LogP contribution in [0, 0.1) is 0 Å². The number of carbonyl (C=O) groups is 1. The first-order chi connectivity index (χ1) is 9.91. The summed E-state index contributed by atoms with van der Waals surface area (Å²) in [5, 5.41) is 2.50. The molecule has 1 amide bonds. The van der Waals surface area contributed by atoms with Crippen molar-refractivity contribution < 1.29 is 18.0 Å². The van der Waals surface area contributed by atoms with E-state index >= 15 is 0 Å². The molecular formula is C14H10ClF3N2O. The summed E-state index contributed by atoms with van der Waals surface area (Å²) in [4.78, 5) is 15.4. The van der Waals surface area contributed by atoms with Crippen LogP contribution in [0.4, 0.5) is 18.9 Å². The molecule has 0 aliphatic heterocycles. The smallest absolute Gasteiger partial charge is 0.323 e. The van der Waals surface area contributed by atoms with Crippen molar-refractivity contribution in [3.8, 4) is 11.3 Å². The van der Waals surface area contributed by atoms with Crippen LogP contribution in [-0.4, -0.2) is 16.8 Å². The number of halogens is 4. The zero-order chi connectivity index (χ0) is 15.5. The molecule has 1 heterocycles. The van der Waals surface area contributed by atoms with E-state index in [1.807, 2.05) is 0 Å². The van der Waals surface area contributed by atoms with Gasteiger partial charge in [0.2, 0.25) is 5.91 Å². The lowest BCUT2D eigenvalue weighted by Crippen LogP contribution is -2.13. The van der Waals surface area contributed by atoms with E-state index in [0.29, 0.717) is 5.69 Å². The van der Waals surface area contributed by atoms with Gasteiger partial charge in [-0.3, -0.25) is 9.78 Å². The molecule has 0 saturated carbocycles. The summed E-state index contributed by atoms with van der Waals surface area (Å²) in [7, 11) is 0. The van der Waals surface area contributed by atoms with Crippen molar-refractivity contribution in [3.05, 3.63) is 48.2 Å². The van der Waals surface area contributed by atoms with Crippen molar-refractivity contribution in [2.24, 2.45) is 0 Å². The number of amides is 1. The largest absolute Gasteiger partial charge is 0.416 e. The van der Waals surface area contributed by atoms with Gasteiger partial charge in [0.25, 0.3) is 0 Å². The van der Waals surface area contributed by atoms with Gasteiger partial charge in [-0.15, -0.1) is 11.6 Å². The topological polar surface area (TPSA) is 42.0 Å². The Morgan fingerprint density at radius 1 is 1.24 bits per heavy atom. The Hall–Kier alpha value is -2.08. The third-order valence-corrected chi connectivity index (χ3v) is 2.91. The molecule has 1 aromatic heterocycles. The molecule has 0 unspecified atom stereocenters. The molecule has 0 aliphatic rings. The number of nitrogens with zero attached hydrogens (tertiary/aromatic N) is 1. The van der Waals surface area contributed by atoms with Crippen molar-refractivity contribution in [1.29, 1.82) is 0 Å². The molecule has 1 aromatic carbocycles. The van der Waals surface area contributed by atoms with Crippen molar-refractivity contribution in [1.82, 2.24) is 4.98 Å². The normalized spacial score (nSPS) is 11.2. The Bertz CT molecular complexity index is 659. The van der Waals surface area contributed by atoms with Gasteiger partial charge in [-0.2, -0.15) is 13.2 Å². The van der Waals surface area contributed by atoms with Gasteiger partial charge in [-0.25, -0.2) is 0 Å². The monoisotopic (exact) mass is 314 g/mol. The van der Waals surface area contributed by atoms with E-state index in [0.717, 1.165) is 12.1 Å². The summed E-state index contributed by atoms with van der Waals surface area (Å²) in [5.74, 6) is -0.713. The number of carbonyl (C=O) groups excluding carboxylic acids is 1. The first kappa shape index (κ1) is 15.3. The maximum Gasteiger partial charge on any atom is 0.416 e. The van der Waals surface area contributed by atoms with Crippen molar-refractivity contribution in [2.75, 3.05) is 11.2 Å². The van der Waals surface area contributed by atoms with Crippen LogP contribution in [-0.2, 0) is 11.0 Å². The van der Waals surface area contributed by atoms with Crippen molar-refractivity contribution in [2.45, 2.75) is 6.18 Å². The van der Waals surface area contributed by atoms with Crippen molar-refractivity contribution in [3.63, 3.8) is 0 Å². The van der Waals surface area contributed by atoms with E-state index in [1.165, 1.54) is 18.3 Å². The highest BCUT2D eigenvalue weighted by Crippen LogP contribution is 2.33. The molecule has 1 N–H and O–H groups in total. The highest BCUT2D eigenvalue weighted by Gasteiger charge is 2.30. The SMILES string of the molecule is O=C(CCl)Nc1cccnc1-c1cccc(C(F)(F)F)c1. The first-order valence-corrected chi connectivity index (χ1v) is 6.43. The fraction of sp³-hybridized carbons (Fsp3) is 0.143. The quantitative estimate of drug-likeness (QED) is 0.872. The number of rotatable bonds is 3. The summed E-state index contributed by atoms with van der Waals surface area (Å²) in [6.07, 6.45) is -3.00. The molecule has 0 fully saturated rings. The Morgan fingerprint density at radius 3 is 2.67 bits per heavy atom. The van der Waals surface area contributed by atoms with Gasteiger partial charge in [0.05, 0.1) is 16.9 Å². The van der Waals surface area contributed by atoms with Crippen LogP contribution in [0.2, 0.25) is 0 Å². The molecule has 0 saturated heterocycles. The minimum atomic E-state index is -4.44. The highest BCUT2D eigenvalue weighted by atomic mass is 35.5. The highest BCUT2D eigenvalue weighted by molar-refractivity contribution is 6.29. The lowest BCUT2D eigenvalue weighted by atomic mass is 10.1. The second kappa shape index (κ2) is 6.13. The maximum atomic E-state index is 12.7. The molecule has 0 aliphatic carbocycles. The molecule has 0 atom stereocenters. The lowest BCUT2D eigenvalue weighted by molar-refractivity contribution is -0.137. The predicted molar refractivity (Wildman–Crippen MR) is 74.0 cm³/mol. The predicted octanol–water partition coefficient (Wildman–Crippen LogP) is 3.94. The Balaban J connectivity index is 2.45. The number of pyridine rings is 1. The summed E-state index contributed by atoms with van der Waals surface area (Å²) in [6, 6.07) is 7.87. The molecule has 0 bridgehead atoms. The van der Waals surface area contributed by atoms with E-state index in [4.69, 9.17) is 11.6 Å². The second-order valence-corrected chi connectivity index (χ2v) is 4.43. The zero-order valence-corrected chi connectivity index (χ0v) is 11.4. The Labute approximate surface area is 123 Å². The number of benzene rings is 1. The average Bonchev–Trinajstić information content (AvgIpc) is 2.47. The van der Waals surface area contributed by atoms with Crippen LogP contribution in [0.25, 0.3) is 11.3 Å². The minimum Gasteiger partial charge on any atom is -0.323 e. The third kappa shape index (κ3) is 3.72. The summed E-state index contributed by atoms with van der Waals surface area (Å²) in [5.41, 5.74) is 0.0418. The van der Waals surface area contributed by atoms with Crippen LogP contribution in [0.3, 0.4) is 0 Å². The first-order valence-electron chi connectivity index (χ1n) is 5.90. The number of hydrogen-bond donors (Lipinski definition) is 1. The van der Waals surface area contributed by atoms with Gasteiger partial charge in [0.15, 0.2) is 0 Å². The maximum absolute atomic E-state index is 12.7. The fourth-order valence-corrected chi connectivity index (χ4v) is 1.83. The third-order valence-electron chi connectivity index (χ3n) is 2.67. The molecule has 0 radical (unpaired) electrons. The molecule has 2 aromatic rings. The summed E-state index contributed by atoms with van der Waals surface area (Å²) in [6.45, 7) is 0. The number of anilines is 1. The van der Waals surface area contributed by atoms with Crippen LogP contribution in [0.15, 0.2) is 42.6 Å². The van der Waals surface area contributed by atoms with E-state index in [9.17, 15) is 18.0 Å². The summed E-state index contributed by atoms with van der Waals surface area (Å²) >= 11 is 5.40. The molecular weight excluding hydrogens is 305 g/mol. The number of hydrogen-bond acceptors (Lipinski definition) is 2. The van der Waals surface area contributed by atoms with E-state index in [1.54, 1.807) is 12.1 Å². The van der Waals surface area contributed by atoms with Crippen molar-refractivity contribution >= 4 is 23.2 Å². The number of nitrogens with one attached hydrogen (secondary N) is 1. The molecule has 110 valence electrons. The zero-order valence-electron chi connectivity index (χ0n) is 10.6. The Kier molecular flexibility index (Phi) is 4.47. The van der Waals surface area contributed by atoms with Crippen LogP contribution < -0.4 is 5.32 Å². The van der Waals surface area contributed by atoms with Gasteiger partial charge >= 0.3 is 6.18 Å². The van der Waals surface area contributed by atoms with E-state index < -0.39 is 17.6 Å². The standard InChI is InChI=1S/C14H10ClF3N2O/c15-8-12(21)20-11-5-2-6-19-13(11)9-3-1-4-10(7-9)14(16,17)18/h1-7H,8H2,(H,20,21). The fourth-order valence-electron chi connectivity index (χ4n) is 1.76. The van der Waals surface area contributed by atoms with Gasteiger partial charge in [-0.05, 0) is 24.3 Å². The van der Waals surface area contributed by atoms with Gasteiger partial charge in [0, 0.05) is 11.8 Å². The molecule has 0 spiro atoms. The van der Waals surface area contributed by atoms with E-state index in [2.05, 4.69) is 10.3 Å². The lowest BCUT2D eigenvalue weighted by Gasteiger charge is -2.11. The van der Waals surface area contributed by atoms with Gasteiger partial charge in [-0.1, -0.05) is 12.1 Å². The summed E-state index contributed by atoms with van der Waals surface area (Å²) < 4.78 is 38.2. The van der Waals surface area contributed by atoms with Gasteiger partial charge < -0.3 is 5.32 Å². The number of aromatic nitrogens is 1. The average molecular weight is 315 g/mol. The van der Waals surface area contributed by atoms with Crippen LogP contribution in [0.5, 0.6) is 0 Å². The Morgan fingerprint density at radius 2 is 2.00 bits per heavy atom. The molecule has 3 nitrogen and oxygen atoms in total.